The molecule has 1 saturated heterocycles. The van der Waals surface area contributed by atoms with E-state index in [4.69, 9.17) is 4.98 Å². The van der Waals surface area contributed by atoms with Crippen LogP contribution in [0.5, 0.6) is 0 Å². The van der Waals surface area contributed by atoms with Crippen molar-refractivity contribution in [3.05, 3.63) is 108 Å². The highest BCUT2D eigenvalue weighted by molar-refractivity contribution is 6.04. The lowest BCUT2D eigenvalue weighted by atomic mass is 10.0. The predicted octanol–water partition coefficient (Wildman–Crippen LogP) is 5.82. The van der Waals surface area contributed by atoms with Crippen molar-refractivity contribution in [1.29, 1.82) is 0 Å². The number of nitrogens with one attached hydrogen (secondary N) is 2. The maximum absolute atomic E-state index is 13.1. The van der Waals surface area contributed by atoms with Gasteiger partial charge in [-0.15, -0.1) is 0 Å². The number of aryl methyl sites for hydroxylation is 2. The van der Waals surface area contributed by atoms with E-state index >= 15 is 0 Å². The molecule has 2 aromatic carbocycles. The molecule has 6 rings (SSSR count). The fraction of sp³-hybridized carbons (Fsp3) is 0.235. The van der Waals surface area contributed by atoms with Gasteiger partial charge in [-0.1, -0.05) is 18.2 Å². The molecule has 4 heterocycles. The molecule has 1 aliphatic rings. The minimum atomic E-state index is -0.117. The Morgan fingerprint density at radius 3 is 2.48 bits per heavy atom. The summed E-state index contributed by atoms with van der Waals surface area (Å²) in [6.07, 6.45) is 7.30. The van der Waals surface area contributed by atoms with Gasteiger partial charge >= 0.3 is 0 Å². The first-order valence-electron chi connectivity index (χ1n) is 14.3. The van der Waals surface area contributed by atoms with E-state index in [1.165, 1.54) is 5.56 Å². The third-order valence-electron chi connectivity index (χ3n) is 7.94. The van der Waals surface area contributed by atoms with Crippen LogP contribution in [0.3, 0.4) is 0 Å². The molecule has 42 heavy (non-hydrogen) atoms. The molecule has 0 unspecified atom stereocenters. The largest absolute Gasteiger partial charge is 0.360 e. The smallest absolute Gasteiger partial charge is 0.255 e. The lowest BCUT2D eigenvalue weighted by Gasteiger charge is -2.32. The maximum Gasteiger partial charge on any atom is 0.255 e. The molecule has 8 nitrogen and oxygen atoms in total. The number of piperazine rings is 1. The van der Waals surface area contributed by atoms with Gasteiger partial charge in [0, 0.05) is 79.9 Å². The first-order valence-corrected chi connectivity index (χ1v) is 14.3. The van der Waals surface area contributed by atoms with Crippen LogP contribution in [0.1, 0.15) is 27.0 Å². The van der Waals surface area contributed by atoms with Gasteiger partial charge in [0.2, 0.25) is 0 Å². The molecule has 0 radical (unpaired) electrons. The minimum Gasteiger partial charge on any atom is -0.360 e. The Morgan fingerprint density at radius 2 is 1.74 bits per heavy atom. The fourth-order valence-corrected chi connectivity index (χ4v) is 5.38. The molecular weight excluding hydrogens is 522 g/mol. The first-order chi connectivity index (χ1) is 20.4. The van der Waals surface area contributed by atoms with Gasteiger partial charge in [0.25, 0.3) is 5.91 Å². The van der Waals surface area contributed by atoms with Crippen molar-refractivity contribution in [2.45, 2.75) is 20.4 Å². The number of aromatic amines is 1. The predicted molar refractivity (Wildman–Crippen MR) is 167 cm³/mol. The summed E-state index contributed by atoms with van der Waals surface area (Å²) in [4.78, 5) is 35.0. The van der Waals surface area contributed by atoms with Crippen LogP contribution in [0.15, 0.2) is 85.5 Å². The van der Waals surface area contributed by atoms with Gasteiger partial charge in [0.15, 0.2) is 5.82 Å². The second-order valence-electron chi connectivity index (χ2n) is 11.0. The highest BCUT2D eigenvalue weighted by Crippen LogP contribution is 2.33. The number of H-pyrrole nitrogens is 1. The number of hydrogen-bond donors (Lipinski definition) is 2. The average molecular weight is 558 g/mol. The average Bonchev–Trinajstić information content (AvgIpc) is 3.41. The summed E-state index contributed by atoms with van der Waals surface area (Å²) < 4.78 is 0. The SMILES string of the molecule is Cc1cc(C(=O)Nc2ccc(-c3[nH]cc(C)c3-c3nccc(-c4cccnc4)n3)cc2)ccc1CN1CCN(C)CC1. The van der Waals surface area contributed by atoms with Crippen LogP contribution < -0.4 is 5.32 Å². The lowest BCUT2D eigenvalue weighted by Crippen LogP contribution is -2.43. The molecule has 2 N–H and O–H groups in total. The molecule has 1 fully saturated rings. The molecule has 5 aromatic rings. The molecule has 0 bridgehead atoms. The Bertz CT molecular complexity index is 1690. The summed E-state index contributed by atoms with van der Waals surface area (Å²) in [7, 11) is 2.17. The van der Waals surface area contributed by atoms with Gasteiger partial charge < -0.3 is 15.2 Å². The molecule has 0 aliphatic carbocycles. The van der Waals surface area contributed by atoms with Gasteiger partial charge in [0.05, 0.1) is 11.4 Å². The summed E-state index contributed by atoms with van der Waals surface area (Å²) >= 11 is 0. The van der Waals surface area contributed by atoms with E-state index in [9.17, 15) is 4.79 Å². The monoisotopic (exact) mass is 557 g/mol. The normalized spacial score (nSPS) is 14.2. The van der Waals surface area contributed by atoms with E-state index in [0.717, 1.165) is 77.6 Å². The molecule has 8 heteroatoms. The van der Waals surface area contributed by atoms with Gasteiger partial charge in [-0.2, -0.15) is 0 Å². The Morgan fingerprint density at radius 1 is 0.929 bits per heavy atom. The topological polar surface area (TPSA) is 90.0 Å². The Hall–Kier alpha value is -4.66. The number of aromatic nitrogens is 4. The standard InChI is InChI=1S/C34H35N7O/c1-23-19-26(6-7-28(23)22-41-17-15-40(3)16-18-41)34(42)38-29-10-8-25(9-11-29)32-31(24(2)20-37-32)33-36-14-12-30(39-33)27-5-4-13-35-21-27/h4-14,19-21,37H,15-18,22H2,1-3H3,(H,38,42). The number of pyridine rings is 1. The summed E-state index contributed by atoms with van der Waals surface area (Å²) in [6, 6.07) is 19.6. The number of hydrogen-bond acceptors (Lipinski definition) is 6. The summed E-state index contributed by atoms with van der Waals surface area (Å²) in [6.45, 7) is 9.38. The summed E-state index contributed by atoms with van der Waals surface area (Å²) in [5.41, 5.74) is 9.48. The number of amides is 1. The highest BCUT2D eigenvalue weighted by Gasteiger charge is 2.18. The fourth-order valence-electron chi connectivity index (χ4n) is 5.38. The number of rotatable bonds is 7. The molecule has 0 atom stereocenters. The van der Waals surface area contributed by atoms with Crippen LogP contribution in [-0.2, 0) is 6.54 Å². The quantitative estimate of drug-likeness (QED) is 0.262. The highest BCUT2D eigenvalue weighted by atomic mass is 16.1. The van der Waals surface area contributed by atoms with Crippen molar-refractivity contribution >= 4 is 11.6 Å². The lowest BCUT2D eigenvalue weighted by molar-refractivity contribution is 0.102. The minimum absolute atomic E-state index is 0.117. The molecular formula is C34H35N7O. The second kappa shape index (κ2) is 12.1. The zero-order valence-corrected chi connectivity index (χ0v) is 24.3. The molecule has 1 amide bonds. The maximum atomic E-state index is 13.1. The second-order valence-corrected chi connectivity index (χ2v) is 11.0. The Labute approximate surface area is 246 Å². The summed E-state index contributed by atoms with van der Waals surface area (Å²) in [5, 5.41) is 3.05. The van der Waals surface area contributed by atoms with Crippen molar-refractivity contribution in [2.24, 2.45) is 0 Å². The van der Waals surface area contributed by atoms with Crippen molar-refractivity contribution in [3.8, 4) is 33.9 Å². The molecule has 212 valence electrons. The number of carbonyl (C=O) groups is 1. The zero-order valence-electron chi connectivity index (χ0n) is 24.3. The number of benzene rings is 2. The third kappa shape index (κ3) is 6.00. The Kier molecular flexibility index (Phi) is 7.90. The van der Waals surface area contributed by atoms with Crippen LogP contribution in [0.25, 0.3) is 33.9 Å². The Balaban J connectivity index is 1.16. The van der Waals surface area contributed by atoms with Gasteiger partial charge in [-0.3, -0.25) is 14.7 Å². The third-order valence-corrected chi connectivity index (χ3v) is 7.94. The van der Waals surface area contributed by atoms with Gasteiger partial charge in [-0.25, -0.2) is 9.97 Å². The van der Waals surface area contributed by atoms with Crippen LogP contribution in [-0.4, -0.2) is 68.9 Å². The van der Waals surface area contributed by atoms with E-state index < -0.39 is 0 Å². The van der Waals surface area contributed by atoms with Crippen LogP contribution in [0.4, 0.5) is 5.69 Å². The van der Waals surface area contributed by atoms with Crippen molar-refractivity contribution < 1.29 is 4.79 Å². The van der Waals surface area contributed by atoms with Gasteiger partial charge in [0.1, 0.15) is 0 Å². The molecule has 0 spiro atoms. The first kappa shape index (κ1) is 27.5. The number of nitrogens with zero attached hydrogens (tertiary/aromatic N) is 5. The molecule has 3 aromatic heterocycles. The van der Waals surface area contributed by atoms with E-state index in [2.05, 4.69) is 50.1 Å². The van der Waals surface area contributed by atoms with Crippen molar-refractivity contribution in [2.75, 3.05) is 38.5 Å². The van der Waals surface area contributed by atoms with E-state index in [-0.39, 0.29) is 5.91 Å². The van der Waals surface area contributed by atoms with Crippen molar-refractivity contribution in [3.63, 3.8) is 0 Å². The number of carbonyl (C=O) groups excluding carboxylic acids is 1. The number of anilines is 1. The summed E-state index contributed by atoms with van der Waals surface area (Å²) in [5.74, 6) is 0.531. The number of likely N-dealkylation sites (N-methyl/N-ethyl adjacent to an activating group) is 1. The molecule has 1 aliphatic heterocycles. The van der Waals surface area contributed by atoms with Crippen LogP contribution in [0, 0.1) is 13.8 Å². The molecule has 0 saturated carbocycles. The van der Waals surface area contributed by atoms with Gasteiger partial charge in [-0.05, 0) is 85.6 Å². The van der Waals surface area contributed by atoms with Crippen LogP contribution in [0.2, 0.25) is 0 Å². The van der Waals surface area contributed by atoms with E-state index in [1.54, 1.807) is 18.6 Å². The zero-order chi connectivity index (χ0) is 29.1. The van der Waals surface area contributed by atoms with E-state index in [1.807, 2.05) is 67.7 Å². The van der Waals surface area contributed by atoms with Crippen LogP contribution >= 0.6 is 0 Å². The van der Waals surface area contributed by atoms with Crippen molar-refractivity contribution in [1.82, 2.24) is 29.7 Å². The van der Waals surface area contributed by atoms with E-state index in [0.29, 0.717) is 11.4 Å².